The van der Waals surface area contributed by atoms with Crippen molar-refractivity contribution in [2.24, 2.45) is 5.92 Å². The largest absolute Gasteiger partial charge is 0.294 e. The van der Waals surface area contributed by atoms with Crippen LogP contribution in [0.5, 0.6) is 0 Å². The van der Waals surface area contributed by atoms with Crippen LogP contribution in [0.4, 0.5) is 0 Å². The van der Waals surface area contributed by atoms with Crippen LogP contribution in [0.25, 0.3) is 0 Å². The number of halogens is 1. The van der Waals surface area contributed by atoms with E-state index < -0.39 is 0 Å². The molecule has 1 fully saturated rings. The van der Waals surface area contributed by atoms with Crippen LogP contribution in [0, 0.1) is 5.92 Å². The fourth-order valence-electron chi connectivity index (χ4n) is 6.56. The average Bonchev–Trinajstić information content (AvgIpc) is 3.33. The lowest BCUT2D eigenvalue weighted by atomic mass is 9.75. The van der Waals surface area contributed by atoms with Crippen LogP contribution in [0.15, 0.2) is 72.8 Å². The topological polar surface area (TPSA) is 12.0 Å². The summed E-state index contributed by atoms with van der Waals surface area (Å²) in [7, 11) is 0. The standard InChI is InChI=1S/C27H26ClN/c1-25-16-19-17-27(19,15-18-11-13-20(28)14-12-18)24-10-6-5-9-23(24)26(2,29-25)22-8-4-3-7-21(22)25/h3-14,19,29H,15-17H2,1-2H3. The van der Waals surface area contributed by atoms with Crippen molar-refractivity contribution in [3.63, 3.8) is 0 Å². The first kappa shape index (κ1) is 17.7. The monoisotopic (exact) mass is 399 g/mol. The highest BCUT2D eigenvalue weighted by Crippen LogP contribution is 2.65. The second-order valence-corrected chi connectivity index (χ2v) is 10.2. The van der Waals surface area contributed by atoms with E-state index in [2.05, 4.69) is 79.8 Å². The van der Waals surface area contributed by atoms with E-state index in [1.807, 2.05) is 12.1 Å². The average molecular weight is 400 g/mol. The van der Waals surface area contributed by atoms with Crippen molar-refractivity contribution in [2.45, 2.75) is 49.6 Å². The smallest absolute Gasteiger partial charge is 0.0674 e. The van der Waals surface area contributed by atoms with E-state index in [1.165, 1.54) is 40.7 Å². The number of fused-ring (bicyclic) bond motifs is 9. The molecule has 0 amide bonds. The Morgan fingerprint density at radius 2 is 1.38 bits per heavy atom. The molecule has 1 nitrogen and oxygen atoms in total. The summed E-state index contributed by atoms with van der Waals surface area (Å²) in [4.78, 5) is 0. The third-order valence-electron chi connectivity index (χ3n) is 7.91. The van der Waals surface area contributed by atoms with E-state index in [4.69, 9.17) is 11.6 Å². The molecule has 1 saturated carbocycles. The molecule has 0 radical (unpaired) electrons. The lowest BCUT2D eigenvalue weighted by molar-refractivity contribution is 0.264. The molecule has 2 bridgehead atoms. The first-order chi connectivity index (χ1) is 13.9. The molecule has 1 N–H and O–H groups in total. The summed E-state index contributed by atoms with van der Waals surface area (Å²) in [6.45, 7) is 4.80. The summed E-state index contributed by atoms with van der Waals surface area (Å²) in [6, 6.07) is 26.7. The van der Waals surface area contributed by atoms with Gasteiger partial charge in [0.05, 0.1) is 5.54 Å². The molecule has 1 aliphatic carbocycles. The number of nitrogens with one attached hydrogen (secondary N) is 1. The molecular formula is C27H26ClN. The van der Waals surface area contributed by atoms with Crippen LogP contribution in [0.3, 0.4) is 0 Å². The minimum Gasteiger partial charge on any atom is -0.294 e. The molecule has 4 unspecified atom stereocenters. The van der Waals surface area contributed by atoms with Gasteiger partial charge in [-0.05, 0) is 79.0 Å². The molecule has 146 valence electrons. The van der Waals surface area contributed by atoms with Gasteiger partial charge in [0, 0.05) is 16.0 Å². The van der Waals surface area contributed by atoms with Crippen molar-refractivity contribution >= 4 is 11.6 Å². The van der Waals surface area contributed by atoms with Crippen LogP contribution in [-0.4, -0.2) is 0 Å². The van der Waals surface area contributed by atoms with Gasteiger partial charge in [0.25, 0.3) is 0 Å². The van der Waals surface area contributed by atoms with Gasteiger partial charge in [-0.3, -0.25) is 5.32 Å². The second kappa shape index (κ2) is 5.74. The fraction of sp³-hybridized carbons (Fsp3) is 0.333. The highest BCUT2D eigenvalue weighted by molar-refractivity contribution is 6.30. The number of hydrogen-bond acceptors (Lipinski definition) is 1. The van der Waals surface area contributed by atoms with Gasteiger partial charge in [-0.2, -0.15) is 0 Å². The Hall–Kier alpha value is -2.09. The summed E-state index contributed by atoms with van der Waals surface area (Å²) in [5.41, 5.74) is 7.40. The van der Waals surface area contributed by atoms with E-state index in [0.717, 1.165) is 11.4 Å². The van der Waals surface area contributed by atoms with Gasteiger partial charge >= 0.3 is 0 Å². The summed E-state index contributed by atoms with van der Waals surface area (Å²) in [5, 5.41) is 4.91. The maximum atomic E-state index is 6.15. The molecule has 3 aliphatic rings. The van der Waals surface area contributed by atoms with E-state index in [1.54, 1.807) is 0 Å². The van der Waals surface area contributed by atoms with Crippen LogP contribution in [0.1, 0.15) is 54.5 Å². The molecule has 3 aromatic rings. The van der Waals surface area contributed by atoms with E-state index in [9.17, 15) is 0 Å². The van der Waals surface area contributed by atoms with E-state index in [0.29, 0.717) is 5.92 Å². The number of rotatable bonds is 2. The highest BCUT2D eigenvalue weighted by Gasteiger charge is 2.62. The molecule has 0 saturated heterocycles. The Balaban J connectivity index is 1.55. The maximum absolute atomic E-state index is 6.15. The van der Waals surface area contributed by atoms with Gasteiger partial charge in [-0.25, -0.2) is 0 Å². The summed E-state index contributed by atoms with van der Waals surface area (Å²) in [5.74, 6) is 0.688. The number of benzene rings is 3. The third-order valence-corrected chi connectivity index (χ3v) is 8.16. The highest BCUT2D eigenvalue weighted by atomic mass is 35.5. The first-order valence-electron chi connectivity index (χ1n) is 10.7. The normalized spacial score (nSPS) is 33.8. The van der Waals surface area contributed by atoms with Gasteiger partial charge in [0.1, 0.15) is 0 Å². The van der Waals surface area contributed by atoms with Gasteiger partial charge in [0.15, 0.2) is 0 Å². The number of hydrogen-bond donors (Lipinski definition) is 1. The van der Waals surface area contributed by atoms with Crippen LogP contribution in [0.2, 0.25) is 5.02 Å². The minimum absolute atomic E-state index is 0.0191. The fourth-order valence-corrected chi connectivity index (χ4v) is 6.69. The van der Waals surface area contributed by atoms with Gasteiger partial charge in [-0.15, -0.1) is 0 Å². The zero-order valence-corrected chi connectivity index (χ0v) is 17.8. The first-order valence-corrected chi connectivity index (χ1v) is 11.1. The Kier molecular flexibility index (Phi) is 3.51. The van der Waals surface area contributed by atoms with Crippen molar-refractivity contribution in [3.8, 4) is 0 Å². The maximum Gasteiger partial charge on any atom is 0.0674 e. The van der Waals surface area contributed by atoms with E-state index >= 15 is 0 Å². The summed E-state index contributed by atoms with van der Waals surface area (Å²) < 4.78 is 0. The summed E-state index contributed by atoms with van der Waals surface area (Å²) in [6.07, 6.45) is 3.54. The Labute approximate surface area is 178 Å². The van der Waals surface area contributed by atoms with Crippen molar-refractivity contribution in [1.29, 1.82) is 0 Å². The molecule has 0 aromatic heterocycles. The van der Waals surface area contributed by atoms with Crippen molar-refractivity contribution < 1.29 is 0 Å². The third kappa shape index (κ3) is 2.38. The minimum atomic E-state index is -0.150. The van der Waals surface area contributed by atoms with Crippen LogP contribution >= 0.6 is 11.6 Å². The SMILES string of the molecule is CC12CC3CC3(Cc3ccc(Cl)cc3)c3ccccc3C(C)(N1)c1ccccc12. The molecule has 2 aliphatic heterocycles. The lowest BCUT2D eigenvalue weighted by Gasteiger charge is -2.39. The predicted octanol–water partition coefficient (Wildman–Crippen LogP) is 6.33. The quantitative estimate of drug-likeness (QED) is 0.531. The Bertz CT molecular complexity index is 1120. The zero-order valence-electron chi connectivity index (χ0n) is 17.0. The molecule has 2 heteroatoms. The van der Waals surface area contributed by atoms with Gasteiger partial charge in [-0.1, -0.05) is 72.3 Å². The van der Waals surface area contributed by atoms with Crippen molar-refractivity contribution in [2.75, 3.05) is 0 Å². The molecule has 2 heterocycles. The van der Waals surface area contributed by atoms with Gasteiger partial charge < -0.3 is 0 Å². The summed E-state index contributed by atoms with van der Waals surface area (Å²) >= 11 is 6.15. The van der Waals surface area contributed by atoms with Crippen molar-refractivity contribution in [1.82, 2.24) is 5.32 Å². The Morgan fingerprint density at radius 3 is 2.07 bits per heavy atom. The van der Waals surface area contributed by atoms with Gasteiger partial charge in [0.2, 0.25) is 0 Å². The Morgan fingerprint density at radius 1 is 0.793 bits per heavy atom. The lowest BCUT2D eigenvalue weighted by Crippen LogP contribution is -2.47. The molecular weight excluding hydrogens is 374 g/mol. The van der Waals surface area contributed by atoms with Crippen LogP contribution < -0.4 is 5.32 Å². The van der Waals surface area contributed by atoms with Crippen molar-refractivity contribution in [3.05, 3.63) is 106 Å². The second-order valence-electron chi connectivity index (χ2n) is 9.74. The molecule has 0 spiro atoms. The zero-order chi connectivity index (χ0) is 19.9. The predicted molar refractivity (Wildman–Crippen MR) is 119 cm³/mol. The molecule has 3 aromatic carbocycles. The van der Waals surface area contributed by atoms with E-state index in [-0.39, 0.29) is 16.5 Å². The molecule has 6 rings (SSSR count). The molecule has 4 atom stereocenters. The van der Waals surface area contributed by atoms with Crippen LogP contribution in [-0.2, 0) is 22.9 Å². The molecule has 29 heavy (non-hydrogen) atoms.